The first-order chi connectivity index (χ1) is 36.2. The van der Waals surface area contributed by atoms with Crippen LogP contribution in [0.5, 0.6) is 0 Å². The predicted octanol–water partition coefficient (Wildman–Crippen LogP) is 19.5. The topological polar surface area (TPSA) is 9.72 Å². The van der Waals surface area contributed by atoms with E-state index in [0.717, 1.165) is 64.8 Å². The lowest BCUT2D eigenvalue weighted by Crippen LogP contribution is -2.12. The van der Waals surface area contributed by atoms with Crippen molar-refractivity contribution in [2.75, 3.05) is 14.7 Å². The zero-order chi connectivity index (χ0) is 48.8. The van der Waals surface area contributed by atoms with Gasteiger partial charge in [0.15, 0.2) is 0 Å². The highest BCUT2D eigenvalue weighted by Gasteiger charge is 2.21. The molecule has 0 aliphatic carbocycles. The largest absolute Gasteiger partial charge is 0.310 e. The normalized spacial score (nSPS) is 11.7. The molecule has 3 heteroatoms. The van der Waals surface area contributed by atoms with E-state index in [1.54, 1.807) is 0 Å². The summed E-state index contributed by atoms with van der Waals surface area (Å²) in [5, 5.41) is 7.35. The van der Waals surface area contributed by atoms with Crippen LogP contribution in [0.15, 0.2) is 291 Å². The second kappa shape index (κ2) is 20.7. The highest BCUT2D eigenvalue weighted by molar-refractivity contribution is 6.01. The van der Waals surface area contributed by atoms with Gasteiger partial charge in [-0.15, -0.1) is 0 Å². The van der Waals surface area contributed by atoms with E-state index < -0.39 is 0 Å². The molecule has 0 bridgehead atoms. The third-order valence-electron chi connectivity index (χ3n) is 14.3. The molecule has 0 saturated heterocycles. The third-order valence-corrected chi connectivity index (χ3v) is 14.3. The Bertz CT molecular complexity index is 3750. The lowest BCUT2D eigenvalue weighted by Gasteiger charge is -2.28. The number of benzene rings is 12. The number of fused-ring (bicyclic) bond motifs is 3. The average Bonchev–Trinajstić information content (AvgIpc) is 3.46. The van der Waals surface area contributed by atoms with Gasteiger partial charge in [-0.3, -0.25) is 0 Å². The van der Waals surface area contributed by atoms with Crippen molar-refractivity contribution in [3.05, 3.63) is 308 Å². The summed E-state index contributed by atoms with van der Waals surface area (Å²) < 4.78 is 0. The molecular formula is C70H55N3. The molecule has 12 aromatic rings. The molecule has 1 atom stereocenters. The molecule has 0 saturated carbocycles. The molecule has 12 rings (SSSR count). The summed E-state index contributed by atoms with van der Waals surface area (Å²) in [5.74, 6) is 0.266. The molecule has 0 heterocycles. The Morgan fingerprint density at radius 2 is 0.548 bits per heavy atom. The van der Waals surface area contributed by atoms with Gasteiger partial charge in [0.2, 0.25) is 0 Å². The zero-order valence-corrected chi connectivity index (χ0v) is 40.8. The number of rotatable bonds is 15. The van der Waals surface area contributed by atoms with Gasteiger partial charge < -0.3 is 14.7 Å². The second-order valence-corrected chi connectivity index (χ2v) is 18.9. The number of hydrogen-bond acceptors (Lipinski definition) is 3. The van der Waals surface area contributed by atoms with E-state index in [4.69, 9.17) is 0 Å². The van der Waals surface area contributed by atoms with Gasteiger partial charge in [0.05, 0.1) is 17.1 Å². The van der Waals surface area contributed by atoms with Crippen LogP contribution < -0.4 is 14.7 Å². The van der Waals surface area contributed by atoms with Crippen LogP contribution in [0.3, 0.4) is 0 Å². The van der Waals surface area contributed by atoms with Crippen LogP contribution in [-0.4, -0.2) is 0 Å². The van der Waals surface area contributed by atoms with Gasteiger partial charge in [-0.2, -0.15) is 0 Å². The SMILES string of the molecule is c1ccc(N(c2ccc(CCC(Cc3ccc(N(c4ccccc4)c4cccc5ccccc45)cc3)c3ccc(N(c4ccccc4)c4cccc5ccccc45)cc3)cc2)c2cccc3ccccc23)cc1. The van der Waals surface area contributed by atoms with Crippen molar-refractivity contribution in [3.63, 3.8) is 0 Å². The minimum Gasteiger partial charge on any atom is -0.310 e. The number of nitrogens with zero attached hydrogens (tertiary/aromatic N) is 3. The van der Waals surface area contributed by atoms with Crippen LogP contribution in [0.2, 0.25) is 0 Å². The van der Waals surface area contributed by atoms with Crippen molar-refractivity contribution < 1.29 is 0 Å². The summed E-state index contributed by atoms with van der Waals surface area (Å²) in [6, 6.07) is 106. The van der Waals surface area contributed by atoms with Crippen LogP contribution >= 0.6 is 0 Å². The van der Waals surface area contributed by atoms with Crippen LogP contribution in [-0.2, 0) is 12.8 Å². The fourth-order valence-electron chi connectivity index (χ4n) is 10.7. The second-order valence-electron chi connectivity index (χ2n) is 18.9. The van der Waals surface area contributed by atoms with Crippen molar-refractivity contribution in [1.29, 1.82) is 0 Å². The molecule has 0 radical (unpaired) electrons. The summed E-state index contributed by atoms with van der Waals surface area (Å²) in [6.07, 6.45) is 2.84. The van der Waals surface area contributed by atoms with Crippen molar-refractivity contribution in [1.82, 2.24) is 0 Å². The van der Waals surface area contributed by atoms with Crippen molar-refractivity contribution in [3.8, 4) is 0 Å². The molecule has 0 amide bonds. The Kier molecular flexibility index (Phi) is 12.7. The fourth-order valence-corrected chi connectivity index (χ4v) is 10.7. The summed E-state index contributed by atoms with van der Waals surface area (Å²) in [6.45, 7) is 0. The molecule has 0 aliphatic heterocycles. The first kappa shape index (κ1) is 45.0. The quantitative estimate of drug-likeness (QED) is 0.101. The van der Waals surface area contributed by atoms with Gasteiger partial charge in [0, 0.05) is 50.3 Å². The summed E-state index contributed by atoms with van der Waals surface area (Å²) in [7, 11) is 0. The summed E-state index contributed by atoms with van der Waals surface area (Å²) in [5.41, 5.74) is 14.3. The molecule has 350 valence electrons. The summed E-state index contributed by atoms with van der Waals surface area (Å²) >= 11 is 0. The molecule has 12 aromatic carbocycles. The highest BCUT2D eigenvalue weighted by Crippen LogP contribution is 2.43. The van der Waals surface area contributed by atoms with E-state index in [1.165, 1.54) is 54.7 Å². The standard InChI is InChI=1S/C70H55N3/c1-4-25-59(26-5-1)71(68-34-16-22-55-19-10-13-31-65(55)68)62-45-38-52(39-46-62)37-42-58(54-43-49-64(50-44-54)73(61-29-8-3-9-30-61)70-36-18-24-57-21-12-15-33-67(57)70)51-53-40-47-63(48-41-53)72(60-27-6-2-7-28-60)69-35-17-23-56-20-11-14-32-66(56)69/h1-36,38-41,43-50,58H,37,42,51H2. The van der Waals surface area contributed by atoms with Gasteiger partial charge in [0.25, 0.3) is 0 Å². The van der Waals surface area contributed by atoms with Gasteiger partial charge in [-0.05, 0) is 149 Å². The molecule has 1 unspecified atom stereocenters. The Labute approximate surface area is 429 Å². The van der Waals surface area contributed by atoms with Crippen LogP contribution in [0, 0.1) is 0 Å². The lowest BCUT2D eigenvalue weighted by atomic mass is 9.86. The molecule has 0 fully saturated rings. The fraction of sp³-hybridized carbons (Fsp3) is 0.0571. The molecule has 3 nitrogen and oxygen atoms in total. The minimum absolute atomic E-state index is 0.266. The number of anilines is 9. The molecule has 73 heavy (non-hydrogen) atoms. The maximum atomic E-state index is 2.40. The van der Waals surface area contributed by atoms with Crippen molar-refractivity contribution >= 4 is 83.5 Å². The van der Waals surface area contributed by atoms with Crippen LogP contribution in [0.1, 0.15) is 29.0 Å². The van der Waals surface area contributed by atoms with E-state index in [9.17, 15) is 0 Å². The number of para-hydroxylation sites is 3. The van der Waals surface area contributed by atoms with E-state index in [2.05, 4.69) is 306 Å². The molecule has 0 aliphatic rings. The lowest BCUT2D eigenvalue weighted by molar-refractivity contribution is 0.621. The van der Waals surface area contributed by atoms with Crippen molar-refractivity contribution in [2.24, 2.45) is 0 Å². The predicted molar refractivity (Wildman–Crippen MR) is 311 cm³/mol. The zero-order valence-electron chi connectivity index (χ0n) is 40.8. The van der Waals surface area contributed by atoms with E-state index in [0.29, 0.717) is 0 Å². The van der Waals surface area contributed by atoms with Gasteiger partial charge in [0.1, 0.15) is 0 Å². The highest BCUT2D eigenvalue weighted by atomic mass is 15.2. The van der Waals surface area contributed by atoms with Crippen LogP contribution in [0.25, 0.3) is 32.3 Å². The number of aryl methyl sites for hydroxylation is 1. The smallest absolute Gasteiger partial charge is 0.0540 e. The Balaban J connectivity index is 0.881. The summed E-state index contributed by atoms with van der Waals surface area (Å²) in [4.78, 5) is 7.17. The van der Waals surface area contributed by atoms with E-state index in [-0.39, 0.29) is 5.92 Å². The molecule has 0 N–H and O–H groups in total. The maximum absolute atomic E-state index is 2.40. The first-order valence-electron chi connectivity index (χ1n) is 25.5. The Morgan fingerprint density at radius 1 is 0.247 bits per heavy atom. The Hall–Kier alpha value is -9.18. The van der Waals surface area contributed by atoms with Gasteiger partial charge >= 0.3 is 0 Å². The molecule has 0 spiro atoms. The van der Waals surface area contributed by atoms with E-state index >= 15 is 0 Å². The monoisotopic (exact) mass is 937 g/mol. The molecule has 0 aromatic heterocycles. The number of hydrogen-bond donors (Lipinski definition) is 0. The Morgan fingerprint density at radius 3 is 0.932 bits per heavy atom. The molecular weight excluding hydrogens is 883 g/mol. The average molecular weight is 938 g/mol. The van der Waals surface area contributed by atoms with E-state index in [1.807, 2.05) is 0 Å². The maximum Gasteiger partial charge on any atom is 0.0540 e. The minimum atomic E-state index is 0.266. The van der Waals surface area contributed by atoms with Gasteiger partial charge in [-0.1, -0.05) is 200 Å². The van der Waals surface area contributed by atoms with Crippen molar-refractivity contribution in [2.45, 2.75) is 25.2 Å². The van der Waals surface area contributed by atoms with Crippen LogP contribution in [0.4, 0.5) is 51.2 Å². The van der Waals surface area contributed by atoms with Gasteiger partial charge in [-0.25, -0.2) is 0 Å². The first-order valence-corrected chi connectivity index (χ1v) is 25.5. The third kappa shape index (κ3) is 9.45.